The summed E-state index contributed by atoms with van der Waals surface area (Å²) in [5.74, 6) is -0.482. The molecule has 0 saturated carbocycles. The second-order valence-electron chi connectivity index (χ2n) is 4.87. The van der Waals surface area contributed by atoms with Crippen LogP contribution in [-0.2, 0) is 9.53 Å². The first kappa shape index (κ1) is 14.2. The van der Waals surface area contributed by atoms with Crippen LogP contribution in [0.15, 0.2) is 24.3 Å². The molecule has 0 aliphatic carbocycles. The molecule has 0 amide bonds. The minimum atomic E-state index is -0.842. The third kappa shape index (κ3) is 3.61. The highest BCUT2D eigenvalue weighted by atomic mass is 35.5. The molecule has 1 aliphatic heterocycles. The standard InChI is InChI=1S/C14H18ClNO3/c1-10(11-5-6-19-9-11)16(8-14(17)18)13-4-2-3-12(15)7-13/h2-4,7,10-11H,5-6,8-9H2,1H3,(H,17,18). The van der Waals surface area contributed by atoms with Crippen LogP contribution in [0.2, 0.25) is 5.02 Å². The van der Waals surface area contributed by atoms with Crippen LogP contribution in [0.25, 0.3) is 0 Å². The molecule has 1 N–H and O–H groups in total. The summed E-state index contributed by atoms with van der Waals surface area (Å²) in [6.45, 7) is 3.46. The summed E-state index contributed by atoms with van der Waals surface area (Å²) in [5, 5.41) is 9.71. The van der Waals surface area contributed by atoms with Crippen molar-refractivity contribution >= 4 is 23.3 Å². The van der Waals surface area contributed by atoms with Gasteiger partial charge >= 0.3 is 5.97 Å². The van der Waals surface area contributed by atoms with E-state index in [0.717, 1.165) is 18.7 Å². The van der Waals surface area contributed by atoms with Crippen LogP contribution >= 0.6 is 11.6 Å². The Labute approximate surface area is 117 Å². The van der Waals surface area contributed by atoms with Gasteiger partial charge in [-0.15, -0.1) is 0 Å². The molecule has 2 atom stereocenters. The van der Waals surface area contributed by atoms with E-state index in [1.165, 1.54) is 0 Å². The summed E-state index contributed by atoms with van der Waals surface area (Å²) in [6, 6.07) is 7.42. The Morgan fingerprint density at radius 1 is 1.63 bits per heavy atom. The second kappa shape index (κ2) is 6.26. The molecule has 1 aromatic carbocycles. The predicted molar refractivity (Wildman–Crippen MR) is 74.8 cm³/mol. The summed E-state index contributed by atoms with van der Waals surface area (Å²) >= 11 is 5.99. The Bertz CT molecular complexity index is 446. The largest absolute Gasteiger partial charge is 0.480 e. The number of rotatable bonds is 5. The molecule has 2 rings (SSSR count). The number of carbonyl (C=O) groups is 1. The number of benzene rings is 1. The molecule has 5 heteroatoms. The van der Waals surface area contributed by atoms with Crippen molar-refractivity contribution < 1.29 is 14.6 Å². The van der Waals surface area contributed by atoms with Gasteiger partial charge in [-0.3, -0.25) is 4.79 Å². The lowest BCUT2D eigenvalue weighted by atomic mass is 9.98. The number of carboxylic acids is 1. The first-order valence-electron chi connectivity index (χ1n) is 6.39. The number of hydrogen-bond acceptors (Lipinski definition) is 3. The smallest absolute Gasteiger partial charge is 0.323 e. The van der Waals surface area contributed by atoms with Crippen molar-refractivity contribution in [3.8, 4) is 0 Å². The van der Waals surface area contributed by atoms with Gasteiger partial charge in [-0.05, 0) is 31.5 Å². The molecule has 4 nitrogen and oxygen atoms in total. The summed E-state index contributed by atoms with van der Waals surface area (Å²) in [6.07, 6.45) is 0.970. The molecule has 2 unspecified atom stereocenters. The van der Waals surface area contributed by atoms with Gasteiger partial charge in [0.1, 0.15) is 6.54 Å². The van der Waals surface area contributed by atoms with Crippen molar-refractivity contribution in [1.29, 1.82) is 0 Å². The topological polar surface area (TPSA) is 49.8 Å². The van der Waals surface area contributed by atoms with Crippen molar-refractivity contribution in [3.05, 3.63) is 29.3 Å². The molecule has 1 aromatic rings. The maximum atomic E-state index is 11.1. The van der Waals surface area contributed by atoms with Gasteiger partial charge in [0.05, 0.1) is 6.61 Å². The maximum absolute atomic E-state index is 11.1. The average Bonchev–Trinajstić information content (AvgIpc) is 2.88. The van der Waals surface area contributed by atoms with Crippen LogP contribution in [0.4, 0.5) is 5.69 Å². The molecule has 0 spiro atoms. The molecule has 0 radical (unpaired) electrons. The third-order valence-corrected chi connectivity index (χ3v) is 3.82. The van der Waals surface area contributed by atoms with Gasteiger partial charge in [0.15, 0.2) is 0 Å². The van der Waals surface area contributed by atoms with Gasteiger partial charge in [-0.1, -0.05) is 17.7 Å². The number of halogens is 1. The maximum Gasteiger partial charge on any atom is 0.323 e. The van der Waals surface area contributed by atoms with E-state index in [9.17, 15) is 4.79 Å². The van der Waals surface area contributed by atoms with Crippen molar-refractivity contribution in [2.45, 2.75) is 19.4 Å². The monoisotopic (exact) mass is 283 g/mol. The van der Waals surface area contributed by atoms with E-state index < -0.39 is 5.97 Å². The SMILES string of the molecule is CC(C1CCOC1)N(CC(=O)O)c1cccc(Cl)c1. The number of ether oxygens (including phenoxy) is 1. The highest BCUT2D eigenvalue weighted by molar-refractivity contribution is 6.30. The predicted octanol–water partition coefficient (Wildman–Crippen LogP) is 2.66. The number of carboxylic acid groups (broad SMARTS) is 1. The fourth-order valence-electron chi connectivity index (χ4n) is 2.46. The lowest BCUT2D eigenvalue weighted by Gasteiger charge is -2.33. The zero-order valence-corrected chi connectivity index (χ0v) is 11.6. The van der Waals surface area contributed by atoms with Gasteiger partial charge in [0.25, 0.3) is 0 Å². The second-order valence-corrected chi connectivity index (χ2v) is 5.30. The van der Waals surface area contributed by atoms with Crippen LogP contribution in [0.5, 0.6) is 0 Å². The molecule has 0 aromatic heterocycles. The molecule has 1 fully saturated rings. The number of hydrogen-bond donors (Lipinski definition) is 1. The first-order chi connectivity index (χ1) is 9.08. The molecule has 1 heterocycles. The Morgan fingerprint density at radius 3 is 3.00 bits per heavy atom. The van der Waals surface area contributed by atoms with Crippen LogP contribution in [-0.4, -0.2) is 36.9 Å². The third-order valence-electron chi connectivity index (χ3n) is 3.58. The van der Waals surface area contributed by atoms with Crippen molar-refractivity contribution in [3.63, 3.8) is 0 Å². The summed E-state index contributed by atoms with van der Waals surface area (Å²) in [5.41, 5.74) is 0.842. The van der Waals surface area contributed by atoms with E-state index in [0.29, 0.717) is 17.5 Å². The van der Waals surface area contributed by atoms with E-state index in [1.807, 2.05) is 24.0 Å². The molecular formula is C14H18ClNO3. The Kier molecular flexibility index (Phi) is 4.66. The van der Waals surface area contributed by atoms with Gasteiger partial charge in [0, 0.05) is 29.3 Å². The molecular weight excluding hydrogens is 266 g/mol. The minimum Gasteiger partial charge on any atom is -0.480 e. The normalized spacial score (nSPS) is 20.2. The fourth-order valence-corrected chi connectivity index (χ4v) is 2.64. The van der Waals surface area contributed by atoms with E-state index in [1.54, 1.807) is 12.1 Å². The summed E-state index contributed by atoms with van der Waals surface area (Å²) in [7, 11) is 0. The Morgan fingerprint density at radius 2 is 2.42 bits per heavy atom. The zero-order chi connectivity index (χ0) is 13.8. The molecule has 1 saturated heterocycles. The Balaban J connectivity index is 2.21. The minimum absolute atomic E-state index is 0.0298. The average molecular weight is 284 g/mol. The number of aliphatic carboxylic acids is 1. The fraction of sp³-hybridized carbons (Fsp3) is 0.500. The lowest BCUT2D eigenvalue weighted by molar-refractivity contribution is -0.135. The van der Waals surface area contributed by atoms with E-state index in [-0.39, 0.29) is 12.6 Å². The van der Waals surface area contributed by atoms with Crippen molar-refractivity contribution in [1.82, 2.24) is 0 Å². The van der Waals surface area contributed by atoms with Gasteiger partial charge < -0.3 is 14.7 Å². The molecule has 0 bridgehead atoms. The van der Waals surface area contributed by atoms with Crippen LogP contribution in [0.3, 0.4) is 0 Å². The zero-order valence-electron chi connectivity index (χ0n) is 10.9. The van der Waals surface area contributed by atoms with Crippen molar-refractivity contribution in [2.75, 3.05) is 24.7 Å². The summed E-state index contributed by atoms with van der Waals surface area (Å²) in [4.78, 5) is 13.0. The number of nitrogens with zero attached hydrogens (tertiary/aromatic N) is 1. The van der Waals surface area contributed by atoms with E-state index >= 15 is 0 Å². The van der Waals surface area contributed by atoms with E-state index in [4.69, 9.17) is 21.4 Å². The van der Waals surface area contributed by atoms with Crippen LogP contribution in [0, 0.1) is 5.92 Å². The highest BCUT2D eigenvalue weighted by Gasteiger charge is 2.28. The molecule has 19 heavy (non-hydrogen) atoms. The van der Waals surface area contributed by atoms with Crippen LogP contribution < -0.4 is 4.90 Å². The number of anilines is 1. The first-order valence-corrected chi connectivity index (χ1v) is 6.77. The highest BCUT2D eigenvalue weighted by Crippen LogP contribution is 2.27. The van der Waals surface area contributed by atoms with Crippen molar-refractivity contribution in [2.24, 2.45) is 5.92 Å². The van der Waals surface area contributed by atoms with Crippen LogP contribution in [0.1, 0.15) is 13.3 Å². The van der Waals surface area contributed by atoms with E-state index in [2.05, 4.69) is 0 Å². The van der Waals surface area contributed by atoms with Gasteiger partial charge in [-0.2, -0.15) is 0 Å². The molecule has 104 valence electrons. The van der Waals surface area contributed by atoms with Gasteiger partial charge in [0.2, 0.25) is 0 Å². The quantitative estimate of drug-likeness (QED) is 0.903. The summed E-state index contributed by atoms with van der Waals surface area (Å²) < 4.78 is 5.39. The Hall–Kier alpha value is -1.26. The lowest BCUT2D eigenvalue weighted by Crippen LogP contribution is -2.42. The molecule has 1 aliphatic rings. The van der Waals surface area contributed by atoms with Gasteiger partial charge in [-0.25, -0.2) is 0 Å².